The molecule has 0 spiro atoms. The minimum Gasteiger partial charge on any atom is -0.330 e. The Morgan fingerprint density at radius 1 is 1.32 bits per heavy atom. The molecule has 0 aromatic heterocycles. The molecular formula is C16H39NO2. The Balaban J connectivity index is -0.000000122. The van der Waals surface area contributed by atoms with Crippen molar-refractivity contribution in [1.29, 1.82) is 0 Å². The van der Waals surface area contributed by atoms with Crippen molar-refractivity contribution in [2.75, 3.05) is 6.54 Å². The summed E-state index contributed by atoms with van der Waals surface area (Å²) in [7, 11) is 0. The first kappa shape index (κ1) is 23.7. The van der Waals surface area contributed by atoms with E-state index in [0.29, 0.717) is 5.41 Å². The van der Waals surface area contributed by atoms with Gasteiger partial charge in [-0.05, 0) is 31.2 Å². The van der Waals surface area contributed by atoms with Crippen LogP contribution >= 0.6 is 0 Å². The molecule has 0 saturated carbocycles. The number of allylic oxidation sites excluding steroid dienone is 1. The van der Waals surface area contributed by atoms with Crippen molar-refractivity contribution in [3.05, 3.63) is 12.7 Å². The second-order valence-corrected chi connectivity index (χ2v) is 5.50. The summed E-state index contributed by atoms with van der Waals surface area (Å²) in [4.78, 5) is 4.31. The molecule has 0 fully saturated rings. The minimum atomic E-state index is 0. The zero-order chi connectivity index (χ0) is 15.7. The molecule has 3 nitrogen and oxygen atoms in total. The first-order valence-corrected chi connectivity index (χ1v) is 7.52. The molecule has 1 atom stereocenters. The third-order valence-corrected chi connectivity index (χ3v) is 2.33. The fourth-order valence-electron chi connectivity index (χ4n) is 0.985. The quantitative estimate of drug-likeness (QED) is 0.379. The number of unbranched alkanes of at least 4 members (excludes halogenated alkanes) is 1. The van der Waals surface area contributed by atoms with Crippen LogP contribution in [0.2, 0.25) is 0 Å². The summed E-state index contributed by atoms with van der Waals surface area (Å²) in [6.07, 6.45) is 6.84. The molecule has 0 saturated heterocycles. The number of rotatable bonds is 7. The normalized spacial score (nSPS) is 11.6. The van der Waals surface area contributed by atoms with Gasteiger partial charge in [-0.15, -0.1) is 6.58 Å². The van der Waals surface area contributed by atoms with Crippen molar-refractivity contribution < 1.29 is 11.6 Å². The van der Waals surface area contributed by atoms with Crippen LogP contribution in [0, 0.1) is 5.41 Å². The average Bonchev–Trinajstić information content (AvgIpc) is 2.41. The highest BCUT2D eigenvalue weighted by atomic mass is 17.1. The van der Waals surface area contributed by atoms with Gasteiger partial charge >= 0.3 is 0 Å². The molecule has 0 aliphatic heterocycles. The highest BCUT2D eigenvalue weighted by Gasteiger charge is 2.06. The van der Waals surface area contributed by atoms with Crippen LogP contribution in [0.1, 0.15) is 75.1 Å². The second kappa shape index (κ2) is 17.6. The highest BCUT2D eigenvalue weighted by Crippen LogP contribution is 2.09. The lowest BCUT2D eigenvalue weighted by molar-refractivity contribution is -0.281. The molecule has 0 radical (unpaired) electrons. The van der Waals surface area contributed by atoms with Crippen LogP contribution < -0.4 is 5.73 Å². The van der Waals surface area contributed by atoms with E-state index < -0.39 is 0 Å². The van der Waals surface area contributed by atoms with Crippen LogP contribution in [-0.2, 0) is 4.89 Å². The topological polar surface area (TPSA) is 55.5 Å². The lowest BCUT2D eigenvalue weighted by Gasteiger charge is -2.12. The highest BCUT2D eigenvalue weighted by molar-refractivity contribution is 4.69. The minimum absolute atomic E-state index is 0. The van der Waals surface area contributed by atoms with E-state index in [1.54, 1.807) is 0 Å². The van der Waals surface area contributed by atoms with Gasteiger partial charge in [0.1, 0.15) is 0 Å². The Labute approximate surface area is 122 Å². The first-order chi connectivity index (χ1) is 8.91. The van der Waals surface area contributed by atoms with E-state index in [4.69, 9.17) is 11.0 Å². The zero-order valence-electron chi connectivity index (χ0n) is 14.0. The lowest BCUT2D eigenvalue weighted by atomic mass is 9.98. The van der Waals surface area contributed by atoms with Gasteiger partial charge in [0.15, 0.2) is 0 Å². The summed E-state index contributed by atoms with van der Waals surface area (Å²) in [5.74, 6) is 0. The van der Waals surface area contributed by atoms with Crippen LogP contribution in [0.5, 0.6) is 0 Å². The number of nitrogens with two attached hydrogens (primary N) is 1. The van der Waals surface area contributed by atoms with Gasteiger partial charge in [-0.25, -0.2) is 4.89 Å². The first-order valence-electron chi connectivity index (χ1n) is 7.52. The predicted molar refractivity (Wildman–Crippen MR) is 88.4 cm³/mol. The monoisotopic (exact) mass is 277 g/mol. The van der Waals surface area contributed by atoms with Crippen molar-refractivity contribution in [1.82, 2.24) is 0 Å². The van der Waals surface area contributed by atoms with Gasteiger partial charge in [0, 0.05) is 1.43 Å². The van der Waals surface area contributed by atoms with Gasteiger partial charge in [0.25, 0.3) is 0 Å². The summed E-state index contributed by atoms with van der Waals surface area (Å²) in [5, 5.41) is 8.44. The Kier molecular flexibility index (Phi) is 22.0. The molecule has 0 aromatic rings. The largest absolute Gasteiger partial charge is 0.330 e. The van der Waals surface area contributed by atoms with E-state index in [-0.39, 0.29) is 7.53 Å². The van der Waals surface area contributed by atoms with Crippen LogP contribution in [0.25, 0.3) is 0 Å². The fourth-order valence-corrected chi connectivity index (χ4v) is 0.985. The molecular weight excluding hydrogens is 238 g/mol. The standard InChI is InChI=1S/C9H18O2.C5H13N.C2H6.H2/c1-3-5-7-9(11-10)8-6-4-2;1-5(2,3)4-6;1-2;/h3,9-10H,1,4-8H2,2H3;4,6H2,1-3H3;1-2H3;1H. The maximum atomic E-state index is 8.44. The average molecular weight is 277 g/mol. The van der Waals surface area contributed by atoms with Crippen molar-refractivity contribution >= 4 is 0 Å². The van der Waals surface area contributed by atoms with Crippen molar-refractivity contribution in [3.63, 3.8) is 0 Å². The Morgan fingerprint density at radius 3 is 2.05 bits per heavy atom. The summed E-state index contributed by atoms with van der Waals surface area (Å²) in [5.41, 5.74) is 5.62. The van der Waals surface area contributed by atoms with E-state index in [9.17, 15) is 0 Å². The van der Waals surface area contributed by atoms with Crippen LogP contribution in [-0.4, -0.2) is 17.9 Å². The molecule has 3 N–H and O–H groups in total. The molecule has 1 unspecified atom stereocenters. The van der Waals surface area contributed by atoms with E-state index in [1.807, 2.05) is 19.9 Å². The van der Waals surface area contributed by atoms with E-state index in [0.717, 1.165) is 38.6 Å². The summed E-state index contributed by atoms with van der Waals surface area (Å²) < 4.78 is 0. The van der Waals surface area contributed by atoms with E-state index in [2.05, 4.69) is 39.2 Å². The smallest absolute Gasteiger partial charge is 0.0930 e. The molecule has 0 amide bonds. The zero-order valence-corrected chi connectivity index (χ0v) is 14.0. The third kappa shape index (κ3) is 27.0. The van der Waals surface area contributed by atoms with Gasteiger partial charge in [0.05, 0.1) is 6.10 Å². The molecule has 3 heteroatoms. The summed E-state index contributed by atoms with van der Waals surface area (Å²) in [6, 6.07) is 0. The van der Waals surface area contributed by atoms with Gasteiger partial charge in [-0.1, -0.05) is 60.5 Å². The molecule has 0 aromatic carbocycles. The van der Waals surface area contributed by atoms with Crippen molar-refractivity contribution in [2.45, 2.75) is 79.8 Å². The molecule has 0 heterocycles. The van der Waals surface area contributed by atoms with E-state index in [1.165, 1.54) is 0 Å². The lowest BCUT2D eigenvalue weighted by Crippen LogP contribution is -2.18. The van der Waals surface area contributed by atoms with E-state index >= 15 is 0 Å². The second-order valence-electron chi connectivity index (χ2n) is 5.50. The van der Waals surface area contributed by atoms with Gasteiger partial charge in [-0.3, -0.25) is 5.26 Å². The van der Waals surface area contributed by atoms with Crippen molar-refractivity contribution in [2.24, 2.45) is 11.1 Å². The Hall–Kier alpha value is -0.380. The number of hydrogen-bond donors (Lipinski definition) is 2. The summed E-state index contributed by atoms with van der Waals surface area (Å²) in [6.45, 7) is 16.9. The predicted octanol–water partition coefficient (Wildman–Crippen LogP) is 5.26. The van der Waals surface area contributed by atoms with Crippen LogP contribution in [0.4, 0.5) is 0 Å². The molecule has 0 aliphatic carbocycles. The SMILES string of the molecule is C=CCCC(CCCC)OO.CC.CC(C)(C)CN.[HH]. The van der Waals surface area contributed by atoms with Gasteiger partial charge in [0.2, 0.25) is 0 Å². The maximum absolute atomic E-state index is 8.44. The molecule has 19 heavy (non-hydrogen) atoms. The summed E-state index contributed by atoms with van der Waals surface area (Å²) >= 11 is 0. The maximum Gasteiger partial charge on any atom is 0.0930 e. The van der Waals surface area contributed by atoms with Gasteiger partial charge < -0.3 is 5.73 Å². The molecule has 0 bridgehead atoms. The fraction of sp³-hybridized carbons (Fsp3) is 0.875. The molecule has 0 rings (SSSR count). The van der Waals surface area contributed by atoms with Crippen LogP contribution in [0.15, 0.2) is 12.7 Å². The van der Waals surface area contributed by atoms with Crippen LogP contribution in [0.3, 0.4) is 0 Å². The Bertz CT molecular complexity index is 170. The molecule has 0 aliphatic rings. The number of hydrogen-bond acceptors (Lipinski definition) is 3. The molecule has 120 valence electrons. The van der Waals surface area contributed by atoms with Gasteiger partial charge in [-0.2, -0.15) is 0 Å². The van der Waals surface area contributed by atoms with Crippen molar-refractivity contribution in [3.8, 4) is 0 Å². The third-order valence-electron chi connectivity index (χ3n) is 2.33. The Morgan fingerprint density at radius 2 is 1.79 bits per heavy atom.